The molecule has 0 aromatic carbocycles. The zero-order valence-corrected chi connectivity index (χ0v) is 11.2. The maximum atomic E-state index is 12.0. The fourth-order valence-corrected chi connectivity index (χ4v) is 1.93. The van der Waals surface area contributed by atoms with Crippen molar-refractivity contribution in [2.75, 3.05) is 13.7 Å². The lowest BCUT2D eigenvalue weighted by Crippen LogP contribution is -2.61. The highest BCUT2D eigenvalue weighted by Gasteiger charge is 2.42. The van der Waals surface area contributed by atoms with Crippen LogP contribution in [0.1, 0.15) is 39.5 Å². The topological polar surface area (TPSA) is 89.9 Å². The molecule has 0 unspecified atom stereocenters. The number of aliphatic hydroxyl groups excluding tert-OH is 1. The molecule has 0 heterocycles. The highest BCUT2D eigenvalue weighted by molar-refractivity contribution is 5.77. The van der Waals surface area contributed by atoms with Gasteiger partial charge in [-0.05, 0) is 33.1 Å². The van der Waals surface area contributed by atoms with E-state index in [4.69, 9.17) is 5.11 Å². The Hall–Kier alpha value is -1.30. The van der Waals surface area contributed by atoms with Gasteiger partial charge in [0.25, 0.3) is 0 Å². The van der Waals surface area contributed by atoms with Gasteiger partial charge < -0.3 is 20.4 Å². The van der Waals surface area contributed by atoms with E-state index in [9.17, 15) is 14.7 Å². The molecule has 1 aliphatic rings. The Balaban J connectivity index is 2.66. The first-order chi connectivity index (χ1) is 8.22. The van der Waals surface area contributed by atoms with Gasteiger partial charge in [-0.3, -0.25) is 4.79 Å². The highest BCUT2D eigenvalue weighted by Crippen LogP contribution is 2.35. The van der Waals surface area contributed by atoms with Crippen molar-refractivity contribution in [1.29, 1.82) is 0 Å². The van der Waals surface area contributed by atoms with Crippen LogP contribution >= 0.6 is 0 Å². The van der Waals surface area contributed by atoms with Crippen LogP contribution in [0.25, 0.3) is 0 Å². The van der Waals surface area contributed by atoms with Gasteiger partial charge in [-0.15, -0.1) is 0 Å². The molecule has 2 amide bonds. The molecule has 104 valence electrons. The predicted molar refractivity (Wildman–Crippen MR) is 66.3 cm³/mol. The first kappa shape index (κ1) is 14.8. The van der Waals surface area contributed by atoms with E-state index in [0.717, 1.165) is 6.42 Å². The minimum atomic E-state index is -0.904. The van der Waals surface area contributed by atoms with E-state index in [1.165, 1.54) is 4.90 Å². The SMILES string of the molecule is CN(C(=O)NC1(CC(=O)O)CCC1)C(C)(C)CO. The van der Waals surface area contributed by atoms with Crippen LogP contribution in [0.2, 0.25) is 0 Å². The van der Waals surface area contributed by atoms with Gasteiger partial charge in [-0.1, -0.05) is 0 Å². The summed E-state index contributed by atoms with van der Waals surface area (Å²) in [7, 11) is 1.60. The fraction of sp³-hybridized carbons (Fsp3) is 0.833. The number of carbonyl (C=O) groups excluding carboxylic acids is 1. The number of nitrogens with one attached hydrogen (secondary N) is 1. The lowest BCUT2D eigenvalue weighted by molar-refractivity contribution is -0.139. The molecule has 0 bridgehead atoms. The highest BCUT2D eigenvalue weighted by atomic mass is 16.4. The van der Waals surface area contributed by atoms with Gasteiger partial charge in [0.1, 0.15) is 0 Å². The van der Waals surface area contributed by atoms with Crippen LogP contribution in [-0.4, -0.2) is 51.8 Å². The molecule has 0 saturated heterocycles. The molecular weight excluding hydrogens is 236 g/mol. The summed E-state index contributed by atoms with van der Waals surface area (Å²) in [6.45, 7) is 3.34. The summed E-state index contributed by atoms with van der Waals surface area (Å²) in [5.74, 6) is -0.904. The van der Waals surface area contributed by atoms with Crippen LogP contribution in [0.5, 0.6) is 0 Å². The Bertz CT molecular complexity index is 337. The molecular formula is C12H22N2O4. The number of urea groups is 1. The Morgan fingerprint density at radius 3 is 2.28 bits per heavy atom. The number of carboxylic acid groups (broad SMARTS) is 1. The minimum Gasteiger partial charge on any atom is -0.481 e. The normalized spacial score (nSPS) is 17.8. The molecule has 0 aromatic heterocycles. The van der Waals surface area contributed by atoms with Crippen molar-refractivity contribution in [3.63, 3.8) is 0 Å². The molecule has 6 heteroatoms. The lowest BCUT2D eigenvalue weighted by Gasteiger charge is -2.44. The number of carboxylic acids is 1. The van der Waals surface area contributed by atoms with E-state index in [1.807, 2.05) is 0 Å². The van der Waals surface area contributed by atoms with Crippen LogP contribution in [0, 0.1) is 0 Å². The lowest BCUT2D eigenvalue weighted by atomic mass is 9.74. The molecule has 1 fully saturated rings. The summed E-state index contributed by atoms with van der Waals surface area (Å²) in [5.41, 5.74) is -1.28. The number of likely N-dealkylation sites (N-methyl/N-ethyl adjacent to an activating group) is 1. The standard InChI is InChI=1S/C12H22N2O4/c1-11(2,8-15)14(3)10(18)13-12(5-4-6-12)7-9(16)17/h15H,4-8H2,1-3H3,(H,13,18)(H,16,17). The summed E-state index contributed by atoms with van der Waals surface area (Å²) in [5, 5.41) is 20.9. The summed E-state index contributed by atoms with van der Waals surface area (Å²) < 4.78 is 0. The number of hydrogen-bond acceptors (Lipinski definition) is 3. The van der Waals surface area contributed by atoms with E-state index in [1.54, 1.807) is 20.9 Å². The first-order valence-electron chi connectivity index (χ1n) is 6.11. The van der Waals surface area contributed by atoms with E-state index in [0.29, 0.717) is 12.8 Å². The number of aliphatic carboxylic acids is 1. The number of aliphatic hydroxyl groups is 1. The van der Waals surface area contributed by atoms with Crippen LogP contribution in [0.4, 0.5) is 4.79 Å². The molecule has 1 aliphatic carbocycles. The summed E-state index contributed by atoms with van der Waals surface area (Å²) >= 11 is 0. The van der Waals surface area contributed by atoms with Crippen molar-refractivity contribution in [3.8, 4) is 0 Å². The molecule has 1 saturated carbocycles. The molecule has 0 spiro atoms. The maximum absolute atomic E-state index is 12.0. The summed E-state index contributed by atoms with van der Waals surface area (Å²) in [4.78, 5) is 24.3. The molecule has 6 nitrogen and oxygen atoms in total. The second kappa shape index (κ2) is 5.14. The number of carbonyl (C=O) groups is 2. The van der Waals surface area contributed by atoms with Gasteiger partial charge in [0.2, 0.25) is 0 Å². The first-order valence-corrected chi connectivity index (χ1v) is 6.11. The van der Waals surface area contributed by atoms with E-state index in [-0.39, 0.29) is 19.1 Å². The predicted octanol–water partition coefficient (Wildman–Crippen LogP) is 0.796. The number of hydrogen-bond donors (Lipinski definition) is 3. The quantitative estimate of drug-likeness (QED) is 0.680. The smallest absolute Gasteiger partial charge is 0.318 e. The van der Waals surface area contributed by atoms with Crippen LogP contribution in [0.15, 0.2) is 0 Å². The van der Waals surface area contributed by atoms with Crippen molar-refractivity contribution >= 4 is 12.0 Å². The number of nitrogens with zero attached hydrogens (tertiary/aromatic N) is 1. The van der Waals surface area contributed by atoms with Crippen molar-refractivity contribution in [2.24, 2.45) is 0 Å². The third kappa shape index (κ3) is 3.13. The Morgan fingerprint density at radius 2 is 1.94 bits per heavy atom. The molecule has 1 rings (SSSR count). The van der Waals surface area contributed by atoms with Gasteiger partial charge >= 0.3 is 12.0 Å². The minimum absolute atomic E-state index is 0.0495. The summed E-state index contributed by atoms with van der Waals surface area (Å²) in [6.07, 6.45) is 2.27. The van der Waals surface area contributed by atoms with E-state index in [2.05, 4.69) is 5.32 Å². The monoisotopic (exact) mass is 258 g/mol. The van der Waals surface area contributed by atoms with Gasteiger partial charge in [-0.2, -0.15) is 0 Å². The third-order valence-electron chi connectivity index (χ3n) is 3.77. The largest absolute Gasteiger partial charge is 0.481 e. The van der Waals surface area contributed by atoms with E-state index < -0.39 is 17.0 Å². The van der Waals surface area contributed by atoms with Crippen LogP contribution in [0.3, 0.4) is 0 Å². The maximum Gasteiger partial charge on any atom is 0.318 e. The molecule has 0 aliphatic heterocycles. The van der Waals surface area contributed by atoms with E-state index >= 15 is 0 Å². The van der Waals surface area contributed by atoms with Crippen molar-refractivity contribution in [1.82, 2.24) is 10.2 Å². The zero-order chi connectivity index (χ0) is 14.0. The molecule has 0 aromatic rings. The molecule has 18 heavy (non-hydrogen) atoms. The third-order valence-corrected chi connectivity index (χ3v) is 3.77. The van der Waals surface area contributed by atoms with Crippen LogP contribution < -0.4 is 5.32 Å². The van der Waals surface area contributed by atoms with Gasteiger partial charge in [-0.25, -0.2) is 4.79 Å². The van der Waals surface area contributed by atoms with Gasteiger partial charge in [0.05, 0.1) is 24.1 Å². The number of amides is 2. The Morgan fingerprint density at radius 1 is 1.39 bits per heavy atom. The average Bonchev–Trinajstić information content (AvgIpc) is 2.24. The Kier molecular flexibility index (Phi) is 4.21. The summed E-state index contributed by atoms with van der Waals surface area (Å²) in [6, 6.07) is -0.338. The number of rotatable bonds is 5. The molecule has 0 radical (unpaired) electrons. The second-order valence-electron chi connectivity index (χ2n) is 5.66. The van der Waals surface area contributed by atoms with Crippen molar-refractivity contribution in [2.45, 2.75) is 50.6 Å². The second-order valence-corrected chi connectivity index (χ2v) is 5.66. The average molecular weight is 258 g/mol. The Labute approximate surface area is 107 Å². The van der Waals surface area contributed by atoms with Crippen molar-refractivity contribution in [3.05, 3.63) is 0 Å². The van der Waals surface area contributed by atoms with Crippen LogP contribution in [-0.2, 0) is 4.79 Å². The van der Waals surface area contributed by atoms with Crippen molar-refractivity contribution < 1.29 is 19.8 Å². The van der Waals surface area contributed by atoms with Gasteiger partial charge in [0, 0.05) is 7.05 Å². The van der Waals surface area contributed by atoms with Gasteiger partial charge in [0.15, 0.2) is 0 Å². The molecule has 3 N–H and O–H groups in total. The zero-order valence-electron chi connectivity index (χ0n) is 11.2. The fourth-order valence-electron chi connectivity index (χ4n) is 1.93. The molecule has 0 atom stereocenters.